The average Bonchev–Trinajstić information content (AvgIpc) is 3.03. The molecule has 1 aromatic carbocycles. The summed E-state index contributed by atoms with van der Waals surface area (Å²) in [7, 11) is 3.03. The molecule has 7 heteroatoms. The Labute approximate surface area is 127 Å². The minimum absolute atomic E-state index is 0.212. The number of hydrogen-bond donors (Lipinski definition) is 1. The van der Waals surface area contributed by atoms with Crippen LogP contribution < -0.4 is 9.47 Å². The van der Waals surface area contributed by atoms with Gasteiger partial charge < -0.3 is 9.47 Å². The fourth-order valence-electron chi connectivity index (χ4n) is 1.99. The molecule has 2 aromatic heterocycles. The summed E-state index contributed by atoms with van der Waals surface area (Å²) in [4.78, 5) is 12.7. The van der Waals surface area contributed by atoms with Crippen LogP contribution in [0.2, 0.25) is 0 Å². The largest absolute Gasteiger partial charge is 0.481 e. The molecule has 0 fully saturated rings. The highest BCUT2D eigenvalue weighted by Gasteiger charge is 2.12. The van der Waals surface area contributed by atoms with Crippen molar-refractivity contribution < 1.29 is 9.47 Å². The second-order valence-corrected chi connectivity index (χ2v) is 4.55. The van der Waals surface area contributed by atoms with Gasteiger partial charge in [0.1, 0.15) is 11.5 Å². The molecule has 0 aliphatic carbocycles. The molecular formula is C15H15N5O2. The first-order chi connectivity index (χ1) is 10.8. The number of methoxy groups -OCH3 is 2. The number of aromatic amines is 1. The lowest BCUT2D eigenvalue weighted by molar-refractivity contribution is 0.352. The summed E-state index contributed by atoms with van der Waals surface area (Å²) in [6.07, 6.45) is 0.674. The van der Waals surface area contributed by atoms with Gasteiger partial charge in [0.25, 0.3) is 0 Å². The molecule has 3 rings (SSSR count). The Morgan fingerprint density at radius 1 is 1.00 bits per heavy atom. The van der Waals surface area contributed by atoms with Gasteiger partial charge in [-0.15, -0.1) is 0 Å². The van der Waals surface area contributed by atoms with E-state index in [2.05, 4.69) is 25.1 Å². The zero-order valence-corrected chi connectivity index (χ0v) is 12.3. The molecule has 2 heterocycles. The lowest BCUT2D eigenvalue weighted by Crippen LogP contribution is -1.98. The molecule has 0 aliphatic rings. The van der Waals surface area contributed by atoms with Crippen LogP contribution in [0.25, 0.3) is 11.5 Å². The van der Waals surface area contributed by atoms with Crippen molar-refractivity contribution >= 4 is 0 Å². The second-order valence-electron chi connectivity index (χ2n) is 4.55. The van der Waals surface area contributed by atoms with Gasteiger partial charge in [0.2, 0.25) is 5.88 Å². The van der Waals surface area contributed by atoms with Gasteiger partial charge in [0.05, 0.1) is 14.2 Å². The molecule has 1 N–H and O–H groups in total. The molecule has 0 radical (unpaired) electrons. The first-order valence-electron chi connectivity index (χ1n) is 6.71. The van der Waals surface area contributed by atoms with Gasteiger partial charge >= 0.3 is 6.01 Å². The molecule has 22 heavy (non-hydrogen) atoms. The molecule has 0 saturated carbocycles. The maximum Gasteiger partial charge on any atom is 0.320 e. The van der Waals surface area contributed by atoms with Crippen LogP contribution in [0.15, 0.2) is 36.4 Å². The fraction of sp³-hybridized carbons (Fsp3) is 0.200. The Kier molecular flexibility index (Phi) is 3.95. The van der Waals surface area contributed by atoms with E-state index in [0.29, 0.717) is 23.8 Å². The molecule has 0 bridgehead atoms. The van der Waals surface area contributed by atoms with Crippen LogP contribution in [0.1, 0.15) is 11.4 Å². The number of nitrogens with one attached hydrogen (secondary N) is 1. The van der Waals surface area contributed by atoms with Crippen molar-refractivity contribution in [2.24, 2.45) is 0 Å². The molecule has 0 aliphatic heterocycles. The van der Waals surface area contributed by atoms with Gasteiger partial charge in [0, 0.05) is 12.5 Å². The number of nitrogens with zero attached hydrogens (tertiary/aromatic N) is 4. The van der Waals surface area contributed by atoms with Crippen LogP contribution in [-0.2, 0) is 6.42 Å². The first kappa shape index (κ1) is 14.0. The van der Waals surface area contributed by atoms with Gasteiger partial charge in [-0.25, -0.2) is 4.98 Å². The van der Waals surface area contributed by atoms with Crippen molar-refractivity contribution in [3.63, 3.8) is 0 Å². The smallest absolute Gasteiger partial charge is 0.320 e. The molecule has 7 nitrogen and oxygen atoms in total. The standard InChI is InChI=1S/C15H15N5O2/c1-21-13-9-11(16-15(18-13)22-2)14-17-12(19-20-14)8-10-6-4-3-5-7-10/h3-7,9H,8H2,1-2H3,(H,17,19,20). The molecule has 0 amide bonds. The van der Waals surface area contributed by atoms with E-state index in [1.807, 2.05) is 30.3 Å². The quantitative estimate of drug-likeness (QED) is 0.773. The predicted octanol–water partition coefficient (Wildman–Crippen LogP) is 1.87. The van der Waals surface area contributed by atoms with Crippen molar-refractivity contribution in [3.8, 4) is 23.4 Å². The van der Waals surface area contributed by atoms with Gasteiger partial charge in [-0.05, 0) is 5.56 Å². The van der Waals surface area contributed by atoms with Gasteiger partial charge in [-0.3, -0.25) is 5.10 Å². The summed E-state index contributed by atoms with van der Waals surface area (Å²) in [5.41, 5.74) is 1.70. The monoisotopic (exact) mass is 297 g/mol. The van der Waals surface area contributed by atoms with Crippen LogP contribution in [-0.4, -0.2) is 39.4 Å². The topological polar surface area (TPSA) is 85.8 Å². The van der Waals surface area contributed by atoms with Crippen LogP contribution in [0.5, 0.6) is 11.9 Å². The number of benzene rings is 1. The number of aromatic nitrogens is 5. The molecule has 0 saturated heterocycles. The Morgan fingerprint density at radius 3 is 2.55 bits per heavy atom. The SMILES string of the molecule is COc1cc(-c2n[nH]c(Cc3ccccc3)n2)nc(OC)n1. The summed E-state index contributed by atoms with van der Waals surface area (Å²) in [5.74, 6) is 1.64. The normalized spacial score (nSPS) is 10.5. The molecular weight excluding hydrogens is 282 g/mol. The number of H-pyrrole nitrogens is 1. The van der Waals surface area contributed by atoms with Gasteiger partial charge in [-0.1, -0.05) is 30.3 Å². The van der Waals surface area contributed by atoms with E-state index >= 15 is 0 Å². The number of ether oxygens (including phenoxy) is 2. The lowest BCUT2D eigenvalue weighted by atomic mass is 10.1. The van der Waals surface area contributed by atoms with E-state index in [0.717, 1.165) is 11.4 Å². The maximum absolute atomic E-state index is 5.12. The minimum Gasteiger partial charge on any atom is -0.481 e. The highest BCUT2D eigenvalue weighted by Crippen LogP contribution is 2.20. The zero-order valence-electron chi connectivity index (χ0n) is 12.3. The van der Waals surface area contributed by atoms with Crippen LogP contribution >= 0.6 is 0 Å². The predicted molar refractivity (Wildman–Crippen MR) is 79.8 cm³/mol. The summed E-state index contributed by atoms with van der Waals surface area (Å²) < 4.78 is 10.2. The van der Waals surface area contributed by atoms with E-state index in [9.17, 15) is 0 Å². The van der Waals surface area contributed by atoms with E-state index in [1.54, 1.807) is 6.07 Å². The third-order valence-electron chi connectivity index (χ3n) is 3.05. The third-order valence-corrected chi connectivity index (χ3v) is 3.05. The zero-order chi connectivity index (χ0) is 15.4. The van der Waals surface area contributed by atoms with Crippen molar-refractivity contribution in [3.05, 3.63) is 47.8 Å². The van der Waals surface area contributed by atoms with Crippen molar-refractivity contribution in [2.45, 2.75) is 6.42 Å². The van der Waals surface area contributed by atoms with Crippen molar-refractivity contribution in [2.75, 3.05) is 14.2 Å². The average molecular weight is 297 g/mol. The molecule has 0 spiro atoms. The molecule has 0 unspecified atom stereocenters. The van der Waals surface area contributed by atoms with E-state index in [1.165, 1.54) is 14.2 Å². The van der Waals surface area contributed by atoms with Gasteiger partial charge in [-0.2, -0.15) is 15.1 Å². The Hall–Kier alpha value is -2.96. The van der Waals surface area contributed by atoms with Gasteiger partial charge in [0.15, 0.2) is 5.82 Å². The minimum atomic E-state index is 0.212. The molecule has 0 atom stereocenters. The third kappa shape index (κ3) is 3.03. The lowest BCUT2D eigenvalue weighted by Gasteiger charge is -2.03. The Balaban J connectivity index is 1.87. The fourth-order valence-corrected chi connectivity index (χ4v) is 1.99. The van der Waals surface area contributed by atoms with Crippen LogP contribution in [0, 0.1) is 0 Å². The highest BCUT2D eigenvalue weighted by atomic mass is 16.5. The van der Waals surface area contributed by atoms with E-state index in [4.69, 9.17) is 9.47 Å². The number of rotatable bonds is 5. The Bertz CT molecular complexity index is 735. The summed E-state index contributed by atoms with van der Waals surface area (Å²) in [5, 5.41) is 7.12. The summed E-state index contributed by atoms with van der Waals surface area (Å²) in [6.45, 7) is 0. The van der Waals surface area contributed by atoms with E-state index in [-0.39, 0.29) is 6.01 Å². The van der Waals surface area contributed by atoms with Crippen LogP contribution in [0.3, 0.4) is 0 Å². The first-order valence-corrected chi connectivity index (χ1v) is 6.71. The van der Waals surface area contributed by atoms with E-state index < -0.39 is 0 Å². The number of hydrogen-bond acceptors (Lipinski definition) is 6. The summed E-state index contributed by atoms with van der Waals surface area (Å²) >= 11 is 0. The second kappa shape index (κ2) is 6.21. The molecule has 112 valence electrons. The molecule has 3 aromatic rings. The van der Waals surface area contributed by atoms with Crippen molar-refractivity contribution in [1.82, 2.24) is 25.1 Å². The summed E-state index contributed by atoms with van der Waals surface area (Å²) in [6, 6.07) is 11.9. The highest BCUT2D eigenvalue weighted by molar-refractivity contribution is 5.51. The Morgan fingerprint density at radius 2 is 1.82 bits per heavy atom. The maximum atomic E-state index is 5.12. The van der Waals surface area contributed by atoms with Crippen molar-refractivity contribution in [1.29, 1.82) is 0 Å². The van der Waals surface area contributed by atoms with Crippen LogP contribution in [0.4, 0.5) is 0 Å².